The molecule has 0 radical (unpaired) electrons. The van der Waals surface area contributed by atoms with E-state index < -0.39 is 0 Å². The van der Waals surface area contributed by atoms with Crippen LogP contribution in [0.5, 0.6) is 5.75 Å². The fourth-order valence-corrected chi connectivity index (χ4v) is 2.70. The van der Waals surface area contributed by atoms with E-state index in [1.807, 2.05) is 18.2 Å². The molecule has 0 aliphatic carbocycles. The maximum atomic E-state index is 11.9. The lowest BCUT2D eigenvalue weighted by molar-refractivity contribution is -0.142. The monoisotopic (exact) mass is 260 g/mol. The fourth-order valence-electron chi connectivity index (χ4n) is 2.70. The minimum Gasteiger partial charge on any atom is -0.497 e. The average Bonchev–Trinajstić information content (AvgIpc) is 2.83. The zero-order valence-electron chi connectivity index (χ0n) is 10.9. The number of aromatic amines is 1. The van der Waals surface area contributed by atoms with Gasteiger partial charge in [0.05, 0.1) is 20.1 Å². The molecule has 0 bridgehead atoms. The Hall–Kier alpha value is -2.01. The molecule has 2 N–H and O–H groups in total. The van der Waals surface area contributed by atoms with Crippen LogP contribution in [0.25, 0.3) is 10.9 Å². The normalized spacial score (nSPS) is 18.1. The largest absolute Gasteiger partial charge is 0.497 e. The minimum atomic E-state index is -0.269. The smallest absolute Gasteiger partial charge is 0.314 e. The molecule has 0 fully saturated rings. The van der Waals surface area contributed by atoms with Gasteiger partial charge in [0.25, 0.3) is 0 Å². The Labute approximate surface area is 110 Å². The van der Waals surface area contributed by atoms with Crippen molar-refractivity contribution in [2.75, 3.05) is 20.8 Å². The van der Waals surface area contributed by atoms with Crippen molar-refractivity contribution in [1.29, 1.82) is 0 Å². The lowest BCUT2D eigenvalue weighted by Crippen LogP contribution is -2.32. The summed E-state index contributed by atoms with van der Waals surface area (Å²) in [7, 11) is 3.06. The number of esters is 1. The summed E-state index contributed by atoms with van der Waals surface area (Å²) in [5.74, 6) is 0.309. The van der Waals surface area contributed by atoms with Crippen molar-refractivity contribution in [3.05, 3.63) is 29.5 Å². The summed E-state index contributed by atoms with van der Waals surface area (Å²) < 4.78 is 10.2. The standard InChI is InChI=1S/C14H16N2O3/c1-18-8-3-4-11-9(5-8)13-10(14(17)19-2)6-15-7-12(13)16-11/h3-5,10,15-16H,6-7H2,1-2H3. The van der Waals surface area contributed by atoms with Crippen LogP contribution in [-0.2, 0) is 16.1 Å². The van der Waals surface area contributed by atoms with E-state index in [1.54, 1.807) is 7.11 Å². The third-order valence-corrected chi connectivity index (χ3v) is 3.61. The average molecular weight is 260 g/mol. The van der Waals surface area contributed by atoms with Gasteiger partial charge in [-0.05, 0) is 23.8 Å². The van der Waals surface area contributed by atoms with Gasteiger partial charge in [0.15, 0.2) is 0 Å². The molecule has 19 heavy (non-hydrogen) atoms. The summed E-state index contributed by atoms with van der Waals surface area (Å²) in [4.78, 5) is 15.3. The van der Waals surface area contributed by atoms with E-state index in [0.29, 0.717) is 6.54 Å². The predicted octanol–water partition coefficient (Wildman–Crippen LogP) is 1.54. The van der Waals surface area contributed by atoms with Crippen molar-refractivity contribution in [2.24, 2.45) is 0 Å². The number of hydrogen-bond donors (Lipinski definition) is 2. The van der Waals surface area contributed by atoms with Gasteiger partial charge in [-0.15, -0.1) is 0 Å². The highest BCUT2D eigenvalue weighted by atomic mass is 16.5. The van der Waals surface area contributed by atoms with Crippen LogP contribution < -0.4 is 10.1 Å². The van der Waals surface area contributed by atoms with Gasteiger partial charge in [0.1, 0.15) is 5.75 Å². The first-order chi connectivity index (χ1) is 9.24. The number of fused-ring (bicyclic) bond motifs is 3. The van der Waals surface area contributed by atoms with Crippen LogP contribution in [0.1, 0.15) is 17.2 Å². The number of benzene rings is 1. The first kappa shape index (κ1) is 12.0. The molecule has 3 rings (SSSR count). The summed E-state index contributed by atoms with van der Waals surface area (Å²) >= 11 is 0. The summed E-state index contributed by atoms with van der Waals surface area (Å²) in [6, 6.07) is 5.84. The Morgan fingerprint density at radius 3 is 2.95 bits per heavy atom. The van der Waals surface area contributed by atoms with E-state index in [4.69, 9.17) is 9.47 Å². The number of methoxy groups -OCH3 is 2. The molecule has 2 aromatic rings. The number of nitrogens with one attached hydrogen (secondary N) is 2. The Bertz CT molecular complexity index is 633. The SMILES string of the molecule is COC(=O)C1CNCc2[nH]c3ccc(OC)cc3c21. The fraction of sp³-hybridized carbons (Fsp3) is 0.357. The van der Waals surface area contributed by atoms with Crippen molar-refractivity contribution < 1.29 is 14.3 Å². The van der Waals surface area contributed by atoms with Crippen LogP contribution >= 0.6 is 0 Å². The van der Waals surface area contributed by atoms with Gasteiger partial charge < -0.3 is 19.8 Å². The van der Waals surface area contributed by atoms with Crippen molar-refractivity contribution >= 4 is 16.9 Å². The Kier molecular flexibility index (Phi) is 2.91. The lowest BCUT2D eigenvalue weighted by atomic mass is 9.93. The van der Waals surface area contributed by atoms with Crippen molar-refractivity contribution in [1.82, 2.24) is 10.3 Å². The molecule has 1 aromatic carbocycles. The molecular formula is C14H16N2O3. The van der Waals surface area contributed by atoms with E-state index in [1.165, 1.54) is 7.11 Å². The highest BCUT2D eigenvalue weighted by Gasteiger charge is 2.30. The van der Waals surface area contributed by atoms with Crippen LogP contribution in [-0.4, -0.2) is 31.7 Å². The second kappa shape index (κ2) is 4.59. The molecule has 0 spiro atoms. The predicted molar refractivity (Wildman–Crippen MR) is 71.3 cm³/mol. The summed E-state index contributed by atoms with van der Waals surface area (Å²) in [5.41, 5.74) is 3.09. The summed E-state index contributed by atoms with van der Waals surface area (Å²) in [6.07, 6.45) is 0. The van der Waals surface area contributed by atoms with Gasteiger partial charge in [-0.2, -0.15) is 0 Å². The third-order valence-electron chi connectivity index (χ3n) is 3.61. The number of carbonyl (C=O) groups is 1. The van der Waals surface area contributed by atoms with Gasteiger partial charge in [0.2, 0.25) is 0 Å². The van der Waals surface area contributed by atoms with Crippen molar-refractivity contribution in [2.45, 2.75) is 12.5 Å². The second-order valence-electron chi connectivity index (χ2n) is 4.64. The highest BCUT2D eigenvalue weighted by Crippen LogP contribution is 2.34. The molecule has 1 aliphatic heterocycles. The molecule has 1 aliphatic rings. The van der Waals surface area contributed by atoms with Crippen LogP contribution in [0.3, 0.4) is 0 Å². The van der Waals surface area contributed by atoms with Gasteiger partial charge in [-0.3, -0.25) is 4.79 Å². The van der Waals surface area contributed by atoms with E-state index in [-0.39, 0.29) is 11.9 Å². The number of hydrogen-bond acceptors (Lipinski definition) is 4. The number of H-pyrrole nitrogens is 1. The van der Waals surface area contributed by atoms with Crippen LogP contribution in [0, 0.1) is 0 Å². The molecule has 0 amide bonds. The van der Waals surface area contributed by atoms with Crippen LogP contribution in [0.2, 0.25) is 0 Å². The van der Waals surface area contributed by atoms with Gasteiger partial charge in [-0.1, -0.05) is 0 Å². The quantitative estimate of drug-likeness (QED) is 0.804. The Morgan fingerprint density at radius 1 is 1.37 bits per heavy atom. The Balaban J connectivity index is 2.20. The molecule has 5 nitrogen and oxygen atoms in total. The highest BCUT2D eigenvalue weighted by molar-refractivity contribution is 5.92. The molecule has 1 atom stereocenters. The zero-order valence-corrected chi connectivity index (χ0v) is 10.9. The lowest BCUT2D eigenvalue weighted by Gasteiger charge is -2.21. The summed E-state index contributed by atoms with van der Waals surface area (Å²) in [5, 5.41) is 4.27. The van der Waals surface area contributed by atoms with E-state index in [9.17, 15) is 4.79 Å². The topological polar surface area (TPSA) is 63.3 Å². The van der Waals surface area contributed by atoms with E-state index in [0.717, 1.165) is 34.5 Å². The van der Waals surface area contributed by atoms with Gasteiger partial charge in [0, 0.05) is 29.7 Å². The first-order valence-electron chi connectivity index (χ1n) is 6.21. The molecule has 0 saturated heterocycles. The van der Waals surface area contributed by atoms with Crippen LogP contribution in [0.15, 0.2) is 18.2 Å². The maximum absolute atomic E-state index is 11.9. The van der Waals surface area contributed by atoms with E-state index >= 15 is 0 Å². The van der Waals surface area contributed by atoms with Crippen molar-refractivity contribution in [3.63, 3.8) is 0 Å². The van der Waals surface area contributed by atoms with Gasteiger partial charge >= 0.3 is 5.97 Å². The molecular weight excluding hydrogens is 244 g/mol. The van der Waals surface area contributed by atoms with Crippen molar-refractivity contribution in [3.8, 4) is 5.75 Å². The minimum absolute atomic E-state index is 0.211. The maximum Gasteiger partial charge on any atom is 0.314 e. The first-order valence-corrected chi connectivity index (χ1v) is 6.21. The zero-order chi connectivity index (χ0) is 13.4. The number of aromatic nitrogens is 1. The number of rotatable bonds is 2. The molecule has 2 heterocycles. The van der Waals surface area contributed by atoms with E-state index in [2.05, 4.69) is 10.3 Å². The molecule has 100 valence electrons. The third kappa shape index (κ3) is 1.86. The van der Waals surface area contributed by atoms with Gasteiger partial charge in [-0.25, -0.2) is 0 Å². The molecule has 5 heteroatoms. The number of ether oxygens (including phenoxy) is 2. The molecule has 1 unspecified atom stereocenters. The molecule has 0 saturated carbocycles. The second-order valence-corrected chi connectivity index (χ2v) is 4.64. The number of carbonyl (C=O) groups excluding carboxylic acids is 1. The molecule has 1 aromatic heterocycles. The van der Waals surface area contributed by atoms with Crippen LogP contribution in [0.4, 0.5) is 0 Å². The summed E-state index contributed by atoms with van der Waals surface area (Å²) in [6.45, 7) is 1.34. The Morgan fingerprint density at radius 2 is 2.21 bits per heavy atom.